The van der Waals surface area contributed by atoms with Crippen LogP contribution in [0.2, 0.25) is 0 Å². The zero-order valence-electron chi connectivity index (χ0n) is 6.36. The minimum Gasteiger partial charge on any atom is -0.399 e. The molecule has 3 N–H and O–H groups in total. The van der Waals surface area contributed by atoms with Gasteiger partial charge in [-0.25, -0.2) is 0 Å². The summed E-state index contributed by atoms with van der Waals surface area (Å²) < 4.78 is 0. The number of rotatable bonds is 2. The highest BCUT2D eigenvalue weighted by Crippen LogP contribution is 2.10. The van der Waals surface area contributed by atoms with Gasteiger partial charge in [-0.15, -0.1) is 12.4 Å². The van der Waals surface area contributed by atoms with Gasteiger partial charge in [-0.2, -0.15) is 0 Å². The van der Waals surface area contributed by atoms with Crippen molar-refractivity contribution in [1.29, 1.82) is 0 Å². The van der Waals surface area contributed by atoms with Crippen molar-refractivity contribution in [2.24, 2.45) is 0 Å². The van der Waals surface area contributed by atoms with Gasteiger partial charge in [-0.05, 0) is 17.7 Å². The number of anilines is 1. The number of aliphatic hydroxyl groups excluding tert-OH is 1. The molecule has 0 heterocycles. The lowest BCUT2D eigenvalue weighted by Gasteiger charge is -2.00. The lowest BCUT2D eigenvalue weighted by molar-refractivity contribution is 0.112. The second kappa shape index (κ2) is 4.74. The number of nitrogen functional groups attached to an aromatic ring is 1. The molecule has 4 heteroatoms. The molecular weight excluding hydrogens is 178 g/mol. The van der Waals surface area contributed by atoms with E-state index in [0.717, 1.165) is 0 Å². The van der Waals surface area contributed by atoms with E-state index in [4.69, 9.17) is 10.8 Å². The zero-order chi connectivity index (χ0) is 8.27. The summed E-state index contributed by atoms with van der Waals surface area (Å²) in [6, 6.07) is 4.83. The summed E-state index contributed by atoms with van der Waals surface area (Å²) in [4.78, 5) is 10.4. The summed E-state index contributed by atoms with van der Waals surface area (Å²) in [7, 11) is 0. The van der Waals surface area contributed by atoms with Gasteiger partial charge in [0.2, 0.25) is 0 Å². The van der Waals surface area contributed by atoms with Gasteiger partial charge in [0.25, 0.3) is 0 Å². The van der Waals surface area contributed by atoms with Crippen LogP contribution in [0.4, 0.5) is 5.69 Å². The van der Waals surface area contributed by atoms with Gasteiger partial charge in [0.1, 0.15) is 6.29 Å². The first-order valence-corrected chi connectivity index (χ1v) is 3.22. The van der Waals surface area contributed by atoms with Crippen LogP contribution in [0.15, 0.2) is 18.2 Å². The first-order chi connectivity index (χ1) is 5.27. The van der Waals surface area contributed by atoms with E-state index < -0.39 is 0 Å². The Bertz CT molecular complexity index is 276. The molecule has 0 aliphatic carbocycles. The maximum atomic E-state index is 10.4. The number of carbonyl (C=O) groups excluding carboxylic acids is 1. The maximum absolute atomic E-state index is 10.4. The molecule has 66 valence electrons. The molecule has 1 rings (SSSR count). The SMILES string of the molecule is Cl.Nc1ccc(CO)c(C=O)c1. The van der Waals surface area contributed by atoms with Crippen molar-refractivity contribution in [1.82, 2.24) is 0 Å². The van der Waals surface area contributed by atoms with Crippen LogP contribution in [0.3, 0.4) is 0 Å². The molecular formula is C8H10ClNO2. The van der Waals surface area contributed by atoms with Gasteiger partial charge >= 0.3 is 0 Å². The van der Waals surface area contributed by atoms with Crippen molar-refractivity contribution in [3.8, 4) is 0 Å². The van der Waals surface area contributed by atoms with E-state index in [1.165, 1.54) is 0 Å². The lowest BCUT2D eigenvalue weighted by Crippen LogP contribution is -1.94. The van der Waals surface area contributed by atoms with E-state index in [-0.39, 0.29) is 19.0 Å². The van der Waals surface area contributed by atoms with E-state index in [1.54, 1.807) is 18.2 Å². The van der Waals surface area contributed by atoms with Crippen molar-refractivity contribution in [2.75, 3.05) is 5.73 Å². The van der Waals surface area contributed by atoms with Crippen LogP contribution in [-0.2, 0) is 6.61 Å². The summed E-state index contributed by atoms with van der Waals surface area (Å²) in [5.74, 6) is 0. The van der Waals surface area contributed by atoms with E-state index in [1.807, 2.05) is 0 Å². The molecule has 0 spiro atoms. The number of halogens is 1. The van der Waals surface area contributed by atoms with Crippen molar-refractivity contribution < 1.29 is 9.90 Å². The van der Waals surface area contributed by atoms with Gasteiger partial charge in [0, 0.05) is 11.3 Å². The summed E-state index contributed by atoms with van der Waals surface area (Å²) in [6.45, 7) is -0.131. The average Bonchev–Trinajstić information content (AvgIpc) is 2.04. The Morgan fingerprint density at radius 2 is 2.17 bits per heavy atom. The van der Waals surface area contributed by atoms with Crippen LogP contribution in [-0.4, -0.2) is 11.4 Å². The van der Waals surface area contributed by atoms with E-state index >= 15 is 0 Å². The Labute approximate surface area is 76.6 Å². The Hall–Kier alpha value is -1.06. The molecule has 0 aliphatic rings. The Balaban J connectivity index is 0.00000121. The fourth-order valence-electron chi connectivity index (χ4n) is 0.867. The van der Waals surface area contributed by atoms with Gasteiger partial charge in [0.05, 0.1) is 6.61 Å². The molecule has 0 aliphatic heterocycles. The van der Waals surface area contributed by atoms with Gasteiger partial charge in [0.15, 0.2) is 0 Å². The molecule has 0 radical (unpaired) electrons. The summed E-state index contributed by atoms with van der Waals surface area (Å²) in [5.41, 5.74) is 7.01. The number of carbonyl (C=O) groups is 1. The largest absolute Gasteiger partial charge is 0.399 e. The first-order valence-electron chi connectivity index (χ1n) is 3.22. The highest BCUT2D eigenvalue weighted by Gasteiger charge is 1.99. The van der Waals surface area contributed by atoms with Gasteiger partial charge < -0.3 is 10.8 Å². The van der Waals surface area contributed by atoms with Gasteiger partial charge in [-0.3, -0.25) is 4.79 Å². The second-order valence-electron chi connectivity index (χ2n) is 2.23. The van der Waals surface area contributed by atoms with Crippen LogP contribution >= 0.6 is 12.4 Å². The number of hydrogen-bond acceptors (Lipinski definition) is 3. The van der Waals surface area contributed by atoms with Crippen LogP contribution in [0.25, 0.3) is 0 Å². The highest BCUT2D eigenvalue weighted by atomic mass is 35.5. The van der Waals surface area contributed by atoms with Crippen molar-refractivity contribution in [3.05, 3.63) is 29.3 Å². The molecule has 0 saturated carbocycles. The fourth-order valence-corrected chi connectivity index (χ4v) is 0.867. The third-order valence-corrected chi connectivity index (χ3v) is 1.47. The van der Waals surface area contributed by atoms with Gasteiger partial charge in [-0.1, -0.05) is 6.07 Å². The highest BCUT2D eigenvalue weighted by molar-refractivity contribution is 5.85. The molecule has 1 aromatic rings. The molecule has 0 atom stereocenters. The standard InChI is InChI=1S/C8H9NO2.ClH/c9-8-2-1-6(4-10)7(3-8)5-11;/h1-3,5,10H,4,9H2;1H. The Morgan fingerprint density at radius 3 is 2.67 bits per heavy atom. The molecule has 3 nitrogen and oxygen atoms in total. The van der Waals surface area contributed by atoms with Crippen LogP contribution in [0.5, 0.6) is 0 Å². The van der Waals surface area contributed by atoms with Crippen molar-refractivity contribution in [3.63, 3.8) is 0 Å². The normalized spacial score (nSPS) is 8.75. The fraction of sp³-hybridized carbons (Fsp3) is 0.125. The topological polar surface area (TPSA) is 63.3 Å². The number of nitrogens with two attached hydrogens (primary N) is 1. The molecule has 12 heavy (non-hydrogen) atoms. The smallest absolute Gasteiger partial charge is 0.150 e. The average molecular weight is 188 g/mol. The van der Waals surface area contributed by atoms with Crippen molar-refractivity contribution >= 4 is 24.4 Å². The Kier molecular flexibility index (Phi) is 4.33. The molecule has 0 bridgehead atoms. The quantitative estimate of drug-likeness (QED) is 0.536. The second-order valence-corrected chi connectivity index (χ2v) is 2.23. The molecule has 0 amide bonds. The third-order valence-electron chi connectivity index (χ3n) is 1.47. The summed E-state index contributed by atoms with van der Waals surface area (Å²) in [6.07, 6.45) is 0.682. The summed E-state index contributed by atoms with van der Waals surface area (Å²) in [5, 5.41) is 8.74. The number of benzene rings is 1. The number of aliphatic hydroxyl groups is 1. The van der Waals surface area contributed by atoms with Crippen LogP contribution in [0, 0.1) is 0 Å². The Morgan fingerprint density at radius 1 is 1.50 bits per heavy atom. The third kappa shape index (κ3) is 2.22. The molecule has 0 unspecified atom stereocenters. The zero-order valence-corrected chi connectivity index (χ0v) is 7.17. The molecule has 0 fully saturated rings. The minimum atomic E-state index is -0.131. The van der Waals surface area contributed by atoms with E-state index in [2.05, 4.69) is 0 Å². The predicted molar refractivity (Wildman–Crippen MR) is 49.4 cm³/mol. The monoisotopic (exact) mass is 187 g/mol. The maximum Gasteiger partial charge on any atom is 0.150 e. The van der Waals surface area contributed by atoms with Crippen LogP contribution < -0.4 is 5.73 Å². The number of aldehydes is 1. The lowest BCUT2D eigenvalue weighted by atomic mass is 10.1. The van der Waals surface area contributed by atoms with E-state index in [0.29, 0.717) is 23.1 Å². The first kappa shape index (κ1) is 10.9. The molecule has 1 aromatic carbocycles. The minimum absolute atomic E-state index is 0. The molecule has 0 saturated heterocycles. The summed E-state index contributed by atoms with van der Waals surface area (Å²) >= 11 is 0. The molecule has 0 aromatic heterocycles. The number of hydrogen-bond donors (Lipinski definition) is 2. The van der Waals surface area contributed by atoms with E-state index in [9.17, 15) is 4.79 Å². The van der Waals surface area contributed by atoms with Crippen LogP contribution in [0.1, 0.15) is 15.9 Å². The van der Waals surface area contributed by atoms with Crippen molar-refractivity contribution in [2.45, 2.75) is 6.61 Å². The predicted octanol–water partition coefficient (Wildman–Crippen LogP) is 0.995.